The standard InChI is InChI=1S/C16H23NO3/c1-12-8-13(2)10-17(9-12)16(18)11-20-15-6-4-14(19-3)5-7-15/h4-7,12-13H,8-11H2,1-3H3. The summed E-state index contributed by atoms with van der Waals surface area (Å²) in [5.74, 6) is 2.69. The van der Waals surface area contributed by atoms with Crippen LogP contribution in [-0.2, 0) is 4.79 Å². The minimum atomic E-state index is 0.0687. The van der Waals surface area contributed by atoms with Gasteiger partial charge in [-0.15, -0.1) is 0 Å². The van der Waals surface area contributed by atoms with E-state index in [1.807, 2.05) is 29.2 Å². The smallest absolute Gasteiger partial charge is 0.260 e. The van der Waals surface area contributed by atoms with E-state index in [1.165, 1.54) is 6.42 Å². The highest BCUT2D eigenvalue weighted by Crippen LogP contribution is 2.21. The number of hydrogen-bond donors (Lipinski definition) is 0. The Morgan fingerprint density at radius 1 is 1.15 bits per heavy atom. The molecular weight excluding hydrogens is 254 g/mol. The third-order valence-electron chi connectivity index (χ3n) is 3.64. The van der Waals surface area contributed by atoms with E-state index in [9.17, 15) is 4.79 Å². The Balaban J connectivity index is 1.84. The Labute approximate surface area is 120 Å². The Bertz CT molecular complexity index is 434. The molecule has 1 heterocycles. The number of rotatable bonds is 4. The van der Waals surface area contributed by atoms with E-state index in [0.717, 1.165) is 18.8 Å². The first-order valence-electron chi connectivity index (χ1n) is 7.13. The fourth-order valence-electron chi connectivity index (χ4n) is 2.77. The minimum Gasteiger partial charge on any atom is -0.497 e. The first kappa shape index (κ1) is 14.7. The molecule has 1 saturated heterocycles. The van der Waals surface area contributed by atoms with Gasteiger partial charge in [0, 0.05) is 13.1 Å². The number of carbonyl (C=O) groups is 1. The second-order valence-electron chi connectivity index (χ2n) is 5.71. The molecule has 4 nitrogen and oxygen atoms in total. The highest BCUT2D eigenvalue weighted by Gasteiger charge is 2.25. The van der Waals surface area contributed by atoms with Crippen molar-refractivity contribution in [2.75, 3.05) is 26.8 Å². The number of methoxy groups -OCH3 is 1. The van der Waals surface area contributed by atoms with E-state index in [2.05, 4.69) is 13.8 Å². The minimum absolute atomic E-state index is 0.0687. The zero-order valence-electron chi connectivity index (χ0n) is 12.5. The van der Waals surface area contributed by atoms with Crippen LogP contribution in [0.2, 0.25) is 0 Å². The van der Waals surface area contributed by atoms with Crippen molar-refractivity contribution in [1.82, 2.24) is 4.90 Å². The van der Waals surface area contributed by atoms with Gasteiger partial charge in [0.15, 0.2) is 6.61 Å². The lowest BCUT2D eigenvalue weighted by atomic mass is 9.92. The summed E-state index contributed by atoms with van der Waals surface area (Å²) in [6, 6.07) is 7.27. The second-order valence-corrected chi connectivity index (χ2v) is 5.71. The Morgan fingerprint density at radius 2 is 1.70 bits per heavy atom. The molecule has 2 unspecified atom stereocenters. The third-order valence-corrected chi connectivity index (χ3v) is 3.64. The van der Waals surface area contributed by atoms with Crippen LogP contribution in [0.25, 0.3) is 0 Å². The highest BCUT2D eigenvalue weighted by molar-refractivity contribution is 5.77. The molecule has 0 saturated carbocycles. The van der Waals surface area contributed by atoms with Crippen LogP contribution in [0, 0.1) is 11.8 Å². The van der Waals surface area contributed by atoms with E-state index >= 15 is 0 Å². The number of likely N-dealkylation sites (tertiary alicyclic amines) is 1. The van der Waals surface area contributed by atoms with Crippen LogP contribution in [0.3, 0.4) is 0 Å². The lowest BCUT2D eigenvalue weighted by molar-refractivity contribution is -0.136. The molecule has 0 bridgehead atoms. The molecule has 2 atom stereocenters. The van der Waals surface area contributed by atoms with Crippen LogP contribution in [0.1, 0.15) is 20.3 Å². The molecule has 0 radical (unpaired) electrons. The van der Waals surface area contributed by atoms with Crippen molar-refractivity contribution in [2.45, 2.75) is 20.3 Å². The van der Waals surface area contributed by atoms with Gasteiger partial charge in [-0.25, -0.2) is 0 Å². The molecule has 0 N–H and O–H groups in total. The second kappa shape index (κ2) is 6.64. The zero-order valence-corrected chi connectivity index (χ0v) is 12.5. The molecule has 0 aliphatic carbocycles. The van der Waals surface area contributed by atoms with Gasteiger partial charge in [-0.05, 0) is 42.5 Å². The first-order valence-corrected chi connectivity index (χ1v) is 7.13. The maximum atomic E-state index is 12.2. The summed E-state index contributed by atoms with van der Waals surface area (Å²) in [4.78, 5) is 14.1. The number of nitrogens with zero attached hydrogens (tertiary/aromatic N) is 1. The fraction of sp³-hybridized carbons (Fsp3) is 0.562. The van der Waals surface area contributed by atoms with Crippen molar-refractivity contribution in [2.24, 2.45) is 11.8 Å². The number of amides is 1. The van der Waals surface area contributed by atoms with Gasteiger partial charge < -0.3 is 14.4 Å². The summed E-state index contributed by atoms with van der Waals surface area (Å²) in [6.45, 7) is 6.18. The molecule has 2 rings (SSSR count). The first-order chi connectivity index (χ1) is 9.58. The SMILES string of the molecule is COc1ccc(OCC(=O)N2CC(C)CC(C)C2)cc1. The number of ether oxygens (including phenoxy) is 2. The van der Waals surface area contributed by atoms with E-state index in [0.29, 0.717) is 17.6 Å². The normalized spacial score (nSPS) is 22.4. The van der Waals surface area contributed by atoms with E-state index in [1.54, 1.807) is 7.11 Å². The van der Waals surface area contributed by atoms with Crippen molar-refractivity contribution < 1.29 is 14.3 Å². The van der Waals surface area contributed by atoms with E-state index in [-0.39, 0.29) is 12.5 Å². The van der Waals surface area contributed by atoms with Gasteiger partial charge in [0.1, 0.15) is 11.5 Å². The number of carbonyl (C=O) groups excluding carboxylic acids is 1. The summed E-state index contributed by atoms with van der Waals surface area (Å²) in [7, 11) is 1.62. The monoisotopic (exact) mass is 277 g/mol. The van der Waals surface area contributed by atoms with E-state index in [4.69, 9.17) is 9.47 Å². The van der Waals surface area contributed by atoms with Gasteiger partial charge in [-0.3, -0.25) is 4.79 Å². The number of piperidine rings is 1. The molecule has 20 heavy (non-hydrogen) atoms. The lowest BCUT2D eigenvalue weighted by Crippen LogP contribution is -2.44. The van der Waals surface area contributed by atoms with Crippen LogP contribution in [0.5, 0.6) is 11.5 Å². The average Bonchev–Trinajstić information content (AvgIpc) is 2.44. The van der Waals surface area contributed by atoms with Gasteiger partial charge in [0.25, 0.3) is 5.91 Å². The summed E-state index contributed by atoms with van der Waals surface area (Å²) >= 11 is 0. The maximum Gasteiger partial charge on any atom is 0.260 e. The molecule has 4 heteroatoms. The van der Waals surface area contributed by atoms with Crippen LogP contribution < -0.4 is 9.47 Å². The van der Waals surface area contributed by atoms with Crippen molar-refractivity contribution >= 4 is 5.91 Å². The molecule has 1 amide bonds. The molecular formula is C16H23NO3. The van der Waals surface area contributed by atoms with Crippen molar-refractivity contribution in [3.05, 3.63) is 24.3 Å². The van der Waals surface area contributed by atoms with Gasteiger partial charge in [0.05, 0.1) is 7.11 Å². The van der Waals surface area contributed by atoms with Crippen molar-refractivity contribution in [3.63, 3.8) is 0 Å². The molecule has 1 aliphatic rings. The van der Waals surface area contributed by atoms with Gasteiger partial charge >= 0.3 is 0 Å². The molecule has 1 aliphatic heterocycles. The molecule has 1 aromatic rings. The van der Waals surface area contributed by atoms with Crippen LogP contribution in [0.4, 0.5) is 0 Å². The topological polar surface area (TPSA) is 38.8 Å². The Kier molecular flexibility index (Phi) is 4.88. The number of benzene rings is 1. The molecule has 110 valence electrons. The van der Waals surface area contributed by atoms with Crippen LogP contribution in [-0.4, -0.2) is 37.6 Å². The van der Waals surface area contributed by atoms with Crippen LogP contribution >= 0.6 is 0 Å². The third kappa shape index (κ3) is 3.89. The molecule has 0 aromatic heterocycles. The van der Waals surface area contributed by atoms with Gasteiger partial charge in [0.2, 0.25) is 0 Å². The van der Waals surface area contributed by atoms with Gasteiger partial charge in [-0.2, -0.15) is 0 Å². The van der Waals surface area contributed by atoms with E-state index < -0.39 is 0 Å². The van der Waals surface area contributed by atoms with Crippen molar-refractivity contribution in [1.29, 1.82) is 0 Å². The predicted octanol–water partition coefficient (Wildman–Crippen LogP) is 2.58. The average molecular weight is 277 g/mol. The largest absolute Gasteiger partial charge is 0.497 e. The van der Waals surface area contributed by atoms with Crippen molar-refractivity contribution in [3.8, 4) is 11.5 Å². The summed E-state index contributed by atoms with van der Waals surface area (Å²) in [5.41, 5.74) is 0. The Morgan fingerprint density at radius 3 is 2.25 bits per heavy atom. The molecule has 1 aromatic carbocycles. The summed E-state index contributed by atoms with van der Waals surface area (Å²) < 4.78 is 10.6. The maximum absolute atomic E-state index is 12.2. The summed E-state index contributed by atoms with van der Waals surface area (Å²) in [6.07, 6.45) is 1.20. The Hall–Kier alpha value is -1.71. The summed E-state index contributed by atoms with van der Waals surface area (Å²) in [5, 5.41) is 0. The van der Waals surface area contributed by atoms with Crippen LogP contribution in [0.15, 0.2) is 24.3 Å². The number of hydrogen-bond acceptors (Lipinski definition) is 3. The quantitative estimate of drug-likeness (QED) is 0.849. The fourth-order valence-corrected chi connectivity index (χ4v) is 2.77. The predicted molar refractivity (Wildman–Crippen MR) is 78.0 cm³/mol. The molecule has 1 fully saturated rings. The van der Waals surface area contributed by atoms with Gasteiger partial charge in [-0.1, -0.05) is 13.8 Å². The lowest BCUT2D eigenvalue weighted by Gasteiger charge is -2.34. The zero-order chi connectivity index (χ0) is 14.5. The highest BCUT2D eigenvalue weighted by atomic mass is 16.5. The molecule has 0 spiro atoms.